The van der Waals surface area contributed by atoms with Crippen molar-refractivity contribution in [3.05, 3.63) is 110 Å². The summed E-state index contributed by atoms with van der Waals surface area (Å²) >= 11 is 0. The second-order valence-electron chi connectivity index (χ2n) is 10.3. The lowest BCUT2D eigenvalue weighted by Gasteiger charge is -2.52. The molecule has 1 atom stereocenters. The standard InChI is InChI=1S/C30H41NO/c1-11-18-23(13-3)30(24(14-4)19-12-2,25-20-16-15-17-21-25)28(8,9)22-29(10,31)26(32)27(5,6)7/h11-21H,1-4,22,31H2,5-10H3/b23-18+,24-19+. The maximum absolute atomic E-state index is 13.3. The molecule has 0 aromatic heterocycles. The average molecular weight is 432 g/mol. The van der Waals surface area contributed by atoms with Crippen LogP contribution in [-0.4, -0.2) is 11.3 Å². The summed E-state index contributed by atoms with van der Waals surface area (Å²) < 4.78 is 0. The van der Waals surface area contributed by atoms with Crippen molar-refractivity contribution in [1.82, 2.24) is 0 Å². The first-order valence-corrected chi connectivity index (χ1v) is 11.1. The third-order valence-corrected chi connectivity index (χ3v) is 6.13. The summed E-state index contributed by atoms with van der Waals surface area (Å²) in [5, 5.41) is 0. The Labute approximate surface area is 196 Å². The molecule has 0 fully saturated rings. The Morgan fingerprint density at radius 2 is 1.28 bits per heavy atom. The average Bonchev–Trinajstić information content (AvgIpc) is 2.71. The minimum atomic E-state index is -1.04. The van der Waals surface area contributed by atoms with Crippen molar-refractivity contribution in [1.29, 1.82) is 0 Å². The third-order valence-electron chi connectivity index (χ3n) is 6.13. The smallest absolute Gasteiger partial charge is 0.157 e. The largest absolute Gasteiger partial charge is 0.319 e. The van der Waals surface area contributed by atoms with Gasteiger partial charge in [0.25, 0.3) is 0 Å². The number of ketones is 1. The van der Waals surface area contributed by atoms with E-state index in [4.69, 9.17) is 5.73 Å². The molecule has 0 heterocycles. The molecule has 0 bridgehead atoms. The topological polar surface area (TPSA) is 43.1 Å². The van der Waals surface area contributed by atoms with Crippen LogP contribution >= 0.6 is 0 Å². The number of Topliss-reactive ketones (excluding diaryl/α,β-unsaturated/α-hetero) is 1. The number of benzene rings is 1. The molecule has 0 saturated carbocycles. The fourth-order valence-electron chi connectivity index (χ4n) is 5.29. The Balaban J connectivity index is 4.10. The highest BCUT2D eigenvalue weighted by molar-refractivity contribution is 5.92. The molecule has 2 nitrogen and oxygen atoms in total. The summed E-state index contributed by atoms with van der Waals surface area (Å²) in [6, 6.07) is 10.2. The summed E-state index contributed by atoms with van der Waals surface area (Å²) in [5.41, 5.74) is 6.92. The lowest BCUT2D eigenvalue weighted by Crippen LogP contribution is -2.57. The molecular formula is C30H41NO. The van der Waals surface area contributed by atoms with Gasteiger partial charge in [-0.2, -0.15) is 0 Å². The summed E-state index contributed by atoms with van der Waals surface area (Å²) in [7, 11) is 0. The van der Waals surface area contributed by atoms with Crippen molar-refractivity contribution in [3.63, 3.8) is 0 Å². The molecule has 0 aliphatic rings. The molecule has 2 heteroatoms. The zero-order valence-corrected chi connectivity index (χ0v) is 20.9. The van der Waals surface area contributed by atoms with Crippen LogP contribution in [0.2, 0.25) is 0 Å². The summed E-state index contributed by atoms with van der Waals surface area (Å²) in [4.78, 5) is 13.3. The van der Waals surface area contributed by atoms with Crippen LogP contribution in [0.4, 0.5) is 0 Å². The first-order chi connectivity index (χ1) is 14.8. The number of carbonyl (C=O) groups is 1. The van der Waals surface area contributed by atoms with E-state index in [1.54, 1.807) is 12.2 Å². The summed E-state index contributed by atoms with van der Waals surface area (Å²) in [5.74, 6) is 0.0285. The maximum atomic E-state index is 13.3. The predicted octanol–water partition coefficient (Wildman–Crippen LogP) is 7.27. The van der Waals surface area contributed by atoms with Gasteiger partial charge in [-0.15, -0.1) is 0 Å². The Morgan fingerprint density at radius 3 is 1.62 bits per heavy atom. The molecule has 0 amide bonds. The van der Waals surface area contributed by atoms with Gasteiger partial charge in [0, 0.05) is 5.41 Å². The zero-order chi connectivity index (χ0) is 24.8. The SMILES string of the molecule is C=C/C=C(\C=C)C(/C(C=C)=C/C=C)(c1ccccc1)C(C)(C)CC(C)(N)C(=O)C(C)(C)C. The molecule has 1 aromatic rings. The van der Waals surface area contributed by atoms with Gasteiger partial charge in [0.15, 0.2) is 5.78 Å². The lowest BCUT2D eigenvalue weighted by atomic mass is 9.51. The van der Waals surface area contributed by atoms with Gasteiger partial charge < -0.3 is 5.73 Å². The van der Waals surface area contributed by atoms with Gasteiger partial charge in [-0.3, -0.25) is 4.79 Å². The van der Waals surface area contributed by atoms with Crippen LogP contribution in [0.3, 0.4) is 0 Å². The Hall–Kier alpha value is -2.71. The number of nitrogens with two attached hydrogens (primary N) is 1. The van der Waals surface area contributed by atoms with E-state index in [9.17, 15) is 4.79 Å². The normalized spacial score (nSPS) is 17.0. The number of hydrogen-bond donors (Lipinski definition) is 1. The van der Waals surface area contributed by atoms with E-state index in [2.05, 4.69) is 52.3 Å². The second-order valence-corrected chi connectivity index (χ2v) is 10.3. The summed E-state index contributed by atoms with van der Waals surface area (Å²) in [6.07, 6.45) is 11.6. The van der Waals surface area contributed by atoms with Gasteiger partial charge >= 0.3 is 0 Å². The summed E-state index contributed by atoms with van der Waals surface area (Å²) in [6.45, 7) is 28.0. The molecule has 1 aromatic carbocycles. The molecule has 172 valence electrons. The van der Waals surface area contributed by atoms with Crippen LogP contribution < -0.4 is 5.73 Å². The van der Waals surface area contributed by atoms with Gasteiger partial charge in [-0.1, -0.05) is 128 Å². The first kappa shape index (κ1) is 27.3. The third kappa shape index (κ3) is 5.19. The quantitative estimate of drug-likeness (QED) is 0.374. The van der Waals surface area contributed by atoms with Gasteiger partial charge in [0.2, 0.25) is 0 Å². The van der Waals surface area contributed by atoms with Gasteiger partial charge in [-0.05, 0) is 35.5 Å². The van der Waals surface area contributed by atoms with Crippen molar-refractivity contribution in [3.8, 4) is 0 Å². The van der Waals surface area contributed by atoms with Crippen molar-refractivity contribution in [2.45, 2.75) is 58.9 Å². The molecule has 32 heavy (non-hydrogen) atoms. The van der Waals surface area contributed by atoms with Gasteiger partial charge in [-0.25, -0.2) is 0 Å². The van der Waals surface area contributed by atoms with E-state index in [1.165, 1.54) is 0 Å². The molecule has 0 radical (unpaired) electrons. The van der Waals surface area contributed by atoms with Crippen LogP contribution in [0.5, 0.6) is 0 Å². The van der Waals surface area contributed by atoms with Crippen LogP contribution in [0.25, 0.3) is 0 Å². The van der Waals surface area contributed by atoms with Crippen LogP contribution in [0.1, 0.15) is 53.5 Å². The van der Waals surface area contributed by atoms with E-state index in [1.807, 2.05) is 70.2 Å². The lowest BCUT2D eigenvalue weighted by molar-refractivity contribution is -0.132. The number of hydrogen-bond acceptors (Lipinski definition) is 2. The Kier molecular flexibility index (Phi) is 8.77. The van der Waals surface area contributed by atoms with Crippen molar-refractivity contribution >= 4 is 5.78 Å². The molecule has 0 aliphatic carbocycles. The Bertz CT molecular complexity index is 887. The Morgan fingerprint density at radius 1 is 0.844 bits per heavy atom. The molecule has 1 rings (SSSR count). The van der Waals surface area contributed by atoms with Gasteiger partial charge in [0.1, 0.15) is 0 Å². The number of allylic oxidation sites excluding steroid dienone is 8. The van der Waals surface area contributed by atoms with E-state index < -0.39 is 21.8 Å². The molecule has 0 spiro atoms. The maximum Gasteiger partial charge on any atom is 0.157 e. The van der Waals surface area contributed by atoms with Crippen molar-refractivity contribution < 1.29 is 4.79 Å². The van der Waals surface area contributed by atoms with E-state index >= 15 is 0 Å². The highest BCUT2D eigenvalue weighted by atomic mass is 16.1. The van der Waals surface area contributed by atoms with Gasteiger partial charge in [0.05, 0.1) is 11.0 Å². The number of rotatable bonds is 11. The van der Waals surface area contributed by atoms with Crippen molar-refractivity contribution in [2.24, 2.45) is 16.6 Å². The molecule has 1 unspecified atom stereocenters. The minimum Gasteiger partial charge on any atom is -0.319 e. The molecular weight excluding hydrogens is 390 g/mol. The van der Waals surface area contributed by atoms with Crippen LogP contribution in [0, 0.1) is 10.8 Å². The fourth-order valence-corrected chi connectivity index (χ4v) is 5.29. The molecule has 0 saturated heterocycles. The van der Waals surface area contributed by atoms with E-state index in [0.717, 1.165) is 16.7 Å². The molecule has 0 aliphatic heterocycles. The monoisotopic (exact) mass is 431 g/mol. The second kappa shape index (κ2) is 10.3. The van der Waals surface area contributed by atoms with E-state index in [0.29, 0.717) is 6.42 Å². The van der Waals surface area contributed by atoms with Crippen LogP contribution in [-0.2, 0) is 10.2 Å². The van der Waals surface area contributed by atoms with Crippen molar-refractivity contribution in [2.75, 3.05) is 0 Å². The highest BCUT2D eigenvalue weighted by Gasteiger charge is 2.53. The zero-order valence-electron chi connectivity index (χ0n) is 20.9. The predicted molar refractivity (Wildman–Crippen MR) is 141 cm³/mol. The van der Waals surface area contributed by atoms with Crippen LogP contribution in [0.15, 0.2) is 104 Å². The minimum absolute atomic E-state index is 0.0285. The van der Waals surface area contributed by atoms with E-state index in [-0.39, 0.29) is 5.78 Å². The molecule has 2 N–H and O–H groups in total. The highest BCUT2D eigenvalue weighted by Crippen LogP contribution is 2.56. The number of carbonyl (C=O) groups excluding carboxylic acids is 1. The fraction of sp³-hybridized carbons (Fsp3) is 0.367. The first-order valence-electron chi connectivity index (χ1n) is 11.1.